The van der Waals surface area contributed by atoms with Crippen LogP contribution in [0.4, 0.5) is 0 Å². The standard InChI is InChI=1S/C12H10BrIN2O2S/c1-7-5-15-12(19-6-11(17)18)16(7)10-4-8(14)2-3-9(10)13/h2-5H,6H2,1H3,(H,17,18). The van der Waals surface area contributed by atoms with Crippen molar-refractivity contribution in [2.75, 3.05) is 5.75 Å². The van der Waals surface area contributed by atoms with Crippen molar-refractivity contribution in [1.82, 2.24) is 9.55 Å². The second kappa shape index (κ2) is 6.27. The van der Waals surface area contributed by atoms with E-state index >= 15 is 0 Å². The summed E-state index contributed by atoms with van der Waals surface area (Å²) in [6.07, 6.45) is 1.75. The number of hydrogen-bond donors (Lipinski definition) is 1. The fourth-order valence-corrected chi connectivity index (χ4v) is 3.24. The number of hydrogen-bond acceptors (Lipinski definition) is 3. The number of imidazole rings is 1. The van der Waals surface area contributed by atoms with Crippen LogP contribution in [-0.2, 0) is 4.79 Å². The minimum absolute atomic E-state index is 0.00199. The molecule has 4 nitrogen and oxygen atoms in total. The lowest BCUT2D eigenvalue weighted by atomic mass is 10.3. The lowest BCUT2D eigenvalue weighted by molar-refractivity contribution is -0.133. The summed E-state index contributed by atoms with van der Waals surface area (Å²) >= 11 is 6.98. The Balaban J connectivity index is 2.46. The maximum atomic E-state index is 10.7. The van der Waals surface area contributed by atoms with Gasteiger partial charge in [-0.05, 0) is 63.6 Å². The van der Waals surface area contributed by atoms with E-state index in [-0.39, 0.29) is 5.75 Å². The third-order valence-electron chi connectivity index (χ3n) is 2.38. The third kappa shape index (κ3) is 3.51. The van der Waals surface area contributed by atoms with Gasteiger partial charge in [0.1, 0.15) is 0 Å². The first kappa shape index (κ1) is 14.9. The van der Waals surface area contributed by atoms with E-state index in [0.29, 0.717) is 5.16 Å². The van der Waals surface area contributed by atoms with Crippen LogP contribution in [0.3, 0.4) is 0 Å². The van der Waals surface area contributed by atoms with E-state index < -0.39 is 5.97 Å². The summed E-state index contributed by atoms with van der Waals surface area (Å²) in [5.74, 6) is -0.850. The predicted molar refractivity (Wildman–Crippen MR) is 87.1 cm³/mol. The fourth-order valence-electron chi connectivity index (χ4n) is 1.59. The lowest BCUT2D eigenvalue weighted by Crippen LogP contribution is -2.03. The number of rotatable bonds is 4. The number of nitrogens with zero attached hydrogens (tertiary/aromatic N) is 2. The Morgan fingerprint density at radius 1 is 1.58 bits per heavy atom. The normalized spacial score (nSPS) is 10.7. The number of aliphatic carboxylic acids is 1. The van der Waals surface area contributed by atoms with Crippen LogP contribution in [0.5, 0.6) is 0 Å². The molecule has 0 saturated carbocycles. The highest BCUT2D eigenvalue weighted by Gasteiger charge is 2.13. The summed E-state index contributed by atoms with van der Waals surface area (Å²) in [5, 5.41) is 9.46. The second-order valence-corrected chi connectivity index (χ2v) is 6.84. The van der Waals surface area contributed by atoms with Crippen LogP contribution in [0.2, 0.25) is 0 Å². The van der Waals surface area contributed by atoms with Crippen LogP contribution in [0, 0.1) is 10.5 Å². The van der Waals surface area contributed by atoms with Crippen molar-refractivity contribution in [3.63, 3.8) is 0 Å². The number of aryl methyl sites for hydroxylation is 1. The van der Waals surface area contributed by atoms with Crippen molar-refractivity contribution in [2.24, 2.45) is 0 Å². The van der Waals surface area contributed by atoms with Gasteiger partial charge >= 0.3 is 5.97 Å². The molecule has 0 radical (unpaired) electrons. The van der Waals surface area contributed by atoms with E-state index in [1.54, 1.807) is 6.20 Å². The summed E-state index contributed by atoms with van der Waals surface area (Å²) in [5.41, 5.74) is 1.94. The second-order valence-electron chi connectivity index (χ2n) is 3.80. The molecule has 7 heteroatoms. The number of carbonyl (C=O) groups is 1. The maximum Gasteiger partial charge on any atom is 0.313 e. The molecule has 1 aromatic carbocycles. The molecule has 1 aromatic heterocycles. The molecular weight excluding hydrogens is 443 g/mol. The van der Waals surface area contributed by atoms with Gasteiger partial charge in [0.25, 0.3) is 0 Å². The molecule has 0 saturated heterocycles. The number of benzene rings is 1. The first-order valence-corrected chi connectivity index (χ1v) is 8.19. The Kier molecular flexibility index (Phi) is 4.91. The topological polar surface area (TPSA) is 55.1 Å². The zero-order chi connectivity index (χ0) is 14.0. The van der Waals surface area contributed by atoms with Gasteiger partial charge in [-0.1, -0.05) is 11.8 Å². The first-order chi connectivity index (χ1) is 8.99. The molecule has 0 spiro atoms. The van der Waals surface area contributed by atoms with E-state index in [1.807, 2.05) is 29.7 Å². The molecule has 1 N–H and O–H groups in total. The summed E-state index contributed by atoms with van der Waals surface area (Å²) in [7, 11) is 0. The summed E-state index contributed by atoms with van der Waals surface area (Å²) in [6, 6.07) is 6.01. The minimum atomic E-state index is -0.848. The van der Waals surface area contributed by atoms with Gasteiger partial charge in [-0.15, -0.1) is 0 Å². The smallest absolute Gasteiger partial charge is 0.313 e. The fraction of sp³-hybridized carbons (Fsp3) is 0.167. The van der Waals surface area contributed by atoms with Crippen LogP contribution in [0.25, 0.3) is 5.69 Å². The van der Waals surface area contributed by atoms with Crippen LogP contribution >= 0.6 is 50.3 Å². The molecule has 0 aliphatic rings. The molecule has 0 unspecified atom stereocenters. The molecule has 0 fully saturated rings. The van der Waals surface area contributed by atoms with Gasteiger partial charge in [-0.25, -0.2) is 4.98 Å². The number of thioether (sulfide) groups is 1. The summed E-state index contributed by atoms with van der Waals surface area (Å²) in [4.78, 5) is 15.0. The average molecular weight is 453 g/mol. The minimum Gasteiger partial charge on any atom is -0.481 e. The Morgan fingerprint density at radius 2 is 2.32 bits per heavy atom. The maximum absolute atomic E-state index is 10.7. The van der Waals surface area contributed by atoms with Crippen molar-refractivity contribution < 1.29 is 9.90 Å². The van der Waals surface area contributed by atoms with Crippen molar-refractivity contribution >= 4 is 56.3 Å². The molecule has 0 atom stereocenters. The van der Waals surface area contributed by atoms with E-state index in [2.05, 4.69) is 43.5 Å². The lowest BCUT2D eigenvalue weighted by Gasteiger charge is -2.11. The van der Waals surface area contributed by atoms with Crippen molar-refractivity contribution in [2.45, 2.75) is 12.1 Å². The molecular formula is C12H10BrIN2O2S. The van der Waals surface area contributed by atoms with Gasteiger partial charge in [-0.3, -0.25) is 9.36 Å². The zero-order valence-electron chi connectivity index (χ0n) is 9.93. The number of carboxylic acids is 1. The van der Waals surface area contributed by atoms with Crippen LogP contribution in [-0.4, -0.2) is 26.4 Å². The number of aromatic nitrogens is 2. The highest BCUT2D eigenvalue weighted by molar-refractivity contribution is 14.1. The Bertz CT molecular complexity index is 630. The van der Waals surface area contributed by atoms with Crippen molar-refractivity contribution in [3.05, 3.63) is 38.1 Å². The Morgan fingerprint density at radius 3 is 3.00 bits per heavy atom. The number of halogens is 2. The van der Waals surface area contributed by atoms with Gasteiger partial charge in [0.2, 0.25) is 0 Å². The van der Waals surface area contributed by atoms with E-state index in [9.17, 15) is 4.79 Å². The highest BCUT2D eigenvalue weighted by atomic mass is 127. The van der Waals surface area contributed by atoms with Crippen molar-refractivity contribution in [3.8, 4) is 5.69 Å². The van der Waals surface area contributed by atoms with Crippen LogP contribution in [0.1, 0.15) is 5.69 Å². The van der Waals surface area contributed by atoms with Gasteiger partial charge in [0, 0.05) is 19.9 Å². The summed E-state index contributed by atoms with van der Waals surface area (Å²) in [6.45, 7) is 1.95. The third-order valence-corrected chi connectivity index (χ3v) is 4.66. The SMILES string of the molecule is Cc1cnc(SCC(=O)O)n1-c1cc(I)ccc1Br. The van der Waals surface area contributed by atoms with Gasteiger partial charge in [-0.2, -0.15) is 0 Å². The van der Waals surface area contributed by atoms with Crippen LogP contribution in [0.15, 0.2) is 34.0 Å². The molecule has 0 bridgehead atoms. The van der Waals surface area contributed by atoms with E-state index in [0.717, 1.165) is 19.4 Å². The molecule has 0 aliphatic carbocycles. The van der Waals surface area contributed by atoms with Gasteiger partial charge in [0.15, 0.2) is 5.16 Å². The summed E-state index contributed by atoms with van der Waals surface area (Å²) < 4.78 is 4.02. The molecule has 2 rings (SSSR count). The first-order valence-electron chi connectivity index (χ1n) is 5.33. The Hall–Kier alpha value is -0.540. The molecule has 0 aliphatic heterocycles. The zero-order valence-corrected chi connectivity index (χ0v) is 14.5. The Labute approximate surface area is 136 Å². The van der Waals surface area contributed by atoms with E-state index in [4.69, 9.17) is 5.11 Å². The number of carboxylic acid groups (broad SMARTS) is 1. The van der Waals surface area contributed by atoms with Crippen LogP contribution < -0.4 is 0 Å². The van der Waals surface area contributed by atoms with Gasteiger partial charge in [0.05, 0.1) is 11.4 Å². The molecule has 2 aromatic rings. The highest BCUT2D eigenvalue weighted by Crippen LogP contribution is 2.29. The molecule has 100 valence electrons. The van der Waals surface area contributed by atoms with Crippen molar-refractivity contribution in [1.29, 1.82) is 0 Å². The molecule has 0 amide bonds. The molecule has 19 heavy (non-hydrogen) atoms. The molecule has 1 heterocycles. The quantitative estimate of drug-likeness (QED) is 0.567. The monoisotopic (exact) mass is 452 g/mol. The predicted octanol–water partition coefficient (Wildman–Crippen LogP) is 3.72. The largest absolute Gasteiger partial charge is 0.481 e. The van der Waals surface area contributed by atoms with Gasteiger partial charge < -0.3 is 5.11 Å². The average Bonchev–Trinajstić information content (AvgIpc) is 2.71. The van der Waals surface area contributed by atoms with E-state index in [1.165, 1.54) is 11.8 Å².